The first-order valence-electron chi connectivity index (χ1n) is 9.18. The van der Waals surface area contributed by atoms with Crippen LogP contribution in [0.25, 0.3) is 0 Å². The number of unbranched alkanes of at least 4 members (excludes halogenated alkanes) is 1. The van der Waals surface area contributed by atoms with Crippen molar-refractivity contribution in [1.82, 2.24) is 15.6 Å². The van der Waals surface area contributed by atoms with Crippen LogP contribution < -0.4 is 15.4 Å². The van der Waals surface area contributed by atoms with Crippen molar-refractivity contribution in [2.45, 2.75) is 26.2 Å². The number of pyridine rings is 1. The minimum Gasteiger partial charge on any atom is -0.494 e. The molecule has 2 N–H and O–H groups in total. The van der Waals surface area contributed by atoms with Gasteiger partial charge in [0, 0.05) is 25.8 Å². The summed E-state index contributed by atoms with van der Waals surface area (Å²) in [4.78, 5) is 8.65. The Morgan fingerprint density at radius 3 is 2.61 bits per heavy atom. The lowest BCUT2D eigenvalue weighted by Crippen LogP contribution is -2.38. The number of ether oxygens (including phenoxy) is 1. The number of benzene rings is 1. The standard InChI is InChI=1S/C20H26ClFN4O.HI/c1-2-23-20(25-13-11-16-5-10-19(21)26-15-16)24-12-3-4-14-27-18-8-6-17(22)7-9-18;/h5-10,15H,2-4,11-14H2,1H3,(H2,23,24,25);1H. The summed E-state index contributed by atoms with van der Waals surface area (Å²) in [6.45, 7) is 4.92. The van der Waals surface area contributed by atoms with E-state index in [1.807, 2.05) is 13.0 Å². The Labute approximate surface area is 188 Å². The third-order valence-corrected chi connectivity index (χ3v) is 3.97. The molecule has 1 heterocycles. The number of guanidine groups is 1. The molecule has 154 valence electrons. The summed E-state index contributed by atoms with van der Waals surface area (Å²) in [5.41, 5.74) is 1.13. The van der Waals surface area contributed by atoms with E-state index in [9.17, 15) is 4.39 Å². The molecule has 0 bridgehead atoms. The number of rotatable bonds is 10. The van der Waals surface area contributed by atoms with Gasteiger partial charge < -0.3 is 15.4 Å². The maximum Gasteiger partial charge on any atom is 0.191 e. The first-order chi connectivity index (χ1) is 13.2. The minimum absolute atomic E-state index is 0. The molecule has 0 fully saturated rings. The van der Waals surface area contributed by atoms with Gasteiger partial charge in [-0.1, -0.05) is 17.7 Å². The van der Waals surface area contributed by atoms with Crippen molar-refractivity contribution < 1.29 is 9.13 Å². The number of nitrogens with zero attached hydrogens (tertiary/aromatic N) is 2. The van der Waals surface area contributed by atoms with E-state index in [-0.39, 0.29) is 29.8 Å². The highest BCUT2D eigenvalue weighted by atomic mass is 127. The highest BCUT2D eigenvalue weighted by molar-refractivity contribution is 14.0. The van der Waals surface area contributed by atoms with Crippen LogP contribution in [0.2, 0.25) is 5.15 Å². The second-order valence-corrected chi connectivity index (χ2v) is 6.32. The maximum atomic E-state index is 12.8. The van der Waals surface area contributed by atoms with Crippen molar-refractivity contribution in [3.63, 3.8) is 0 Å². The summed E-state index contributed by atoms with van der Waals surface area (Å²) in [6.07, 6.45) is 4.44. The Kier molecular flexibility index (Phi) is 12.6. The highest BCUT2D eigenvalue weighted by Crippen LogP contribution is 2.11. The van der Waals surface area contributed by atoms with Crippen LogP contribution in [0.4, 0.5) is 4.39 Å². The lowest BCUT2D eigenvalue weighted by Gasteiger charge is -2.11. The van der Waals surface area contributed by atoms with Crippen LogP contribution in [0.15, 0.2) is 47.6 Å². The molecule has 0 amide bonds. The van der Waals surface area contributed by atoms with E-state index >= 15 is 0 Å². The maximum absolute atomic E-state index is 12.8. The van der Waals surface area contributed by atoms with Crippen LogP contribution >= 0.6 is 35.6 Å². The summed E-state index contributed by atoms with van der Waals surface area (Å²) in [5, 5.41) is 7.06. The first-order valence-corrected chi connectivity index (χ1v) is 9.56. The fourth-order valence-corrected chi connectivity index (χ4v) is 2.46. The van der Waals surface area contributed by atoms with Crippen LogP contribution in [-0.4, -0.2) is 37.2 Å². The van der Waals surface area contributed by atoms with E-state index < -0.39 is 0 Å². The molecule has 1 aromatic carbocycles. The Morgan fingerprint density at radius 2 is 1.93 bits per heavy atom. The molecule has 2 rings (SSSR count). The monoisotopic (exact) mass is 520 g/mol. The first kappa shape index (κ1) is 24.4. The lowest BCUT2D eigenvalue weighted by atomic mass is 10.2. The van der Waals surface area contributed by atoms with Crippen LogP contribution in [0, 0.1) is 5.82 Å². The van der Waals surface area contributed by atoms with Crippen LogP contribution in [0.3, 0.4) is 0 Å². The van der Waals surface area contributed by atoms with Gasteiger partial charge in [-0.3, -0.25) is 4.99 Å². The van der Waals surface area contributed by atoms with Crippen LogP contribution in [-0.2, 0) is 6.42 Å². The zero-order valence-electron chi connectivity index (χ0n) is 16.0. The largest absolute Gasteiger partial charge is 0.494 e. The van der Waals surface area contributed by atoms with Crippen LogP contribution in [0.1, 0.15) is 25.3 Å². The fraction of sp³-hybridized carbons (Fsp3) is 0.400. The molecule has 1 aromatic heterocycles. The Hall–Kier alpha value is -1.61. The smallest absolute Gasteiger partial charge is 0.191 e. The van der Waals surface area contributed by atoms with Crippen molar-refractivity contribution >= 4 is 41.5 Å². The number of aromatic nitrogens is 1. The van der Waals surface area contributed by atoms with Gasteiger partial charge >= 0.3 is 0 Å². The molecule has 0 atom stereocenters. The average Bonchev–Trinajstić information content (AvgIpc) is 2.67. The molecular formula is C20H27ClFIN4O. The topological polar surface area (TPSA) is 58.5 Å². The Balaban J connectivity index is 0.00000392. The molecule has 0 spiro atoms. The van der Waals surface area contributed by atoms with E-state index in [0.29, 0.717) is 24.1 Å². The van der Waals surface area contributed by atoms with Gasteiger partial charge in [-0.25, -0.2) is 9.37 Å². The van der Waals surface area contributed by atoms with Gasteiger partial charge in [0.2, 0.25) is 0 Å². The van der Waals surface area contributed by atoms with Gasteiger partial charge in [0.05, 0.1) is 6.61 Å². The van der Waals surface area contributed by atoms with Crippen molar-refractivity contribution in [1.29, 1.82) is 0 Å². The molecular weight excluding hydrogens is 494 g/mol. The summed E-state index contributed by atoms with van der Waals surface area (Å²) in [7, 11) is 0. The van der Waals surface area contributed by atoms with Gasteiger partial charge in [-0.05, 0) is 62.1 Å². The Morgan fingerprint density at radius 1 is 1.14 bits per heavy atom. The van der Waals surface area contributed by atoms with Gasteiger partial charge in [0.15, 0.2) is 5.96 Å². The number of halogens is 3. The summed E-state index contributed by atoms with van der Waals surface area (Å²) < 4.78 is 18.4. The second-order valence-electron chi connectivity index (χ2n) is 5.94. The van der Waals surface area contributed by atoms with Crippen molar-refractivity contribution in [3.05, 3.63) is 59.1 Å². The predicted octanol–water partition coefficient (Wildman–Crippen LogP) is 4.45. The third kappa shape index (κ3) is 10.1. The van der Waals surface area contributed by atoms with Gasteiger partial charge in [-0.2, -0.15) is 0 Å². The molecule has 0 saturated heterocycles. The van der Waals surface area contributed by atoms with Crippen molar-refractivity contribution in [2.75, 3.05) is 26.2 Å². The number of hydrogen-bond acceptors (Lipinski definition) is 3. The molecule has 0 aliphatic rings. The van der Waals surface area contributed by atoms with E-state index in [1.54, 1.807) is 24.4 Å². The highest BCUT2D eigenvalue weighted by Gasteiger charge is 1.99. The van der Waals surface area contributed by atoms with E-state index in [4.69, 9.17) is 16.3 Å². The minimum atomic E-state index is -0.257. The van der Waals surface area contributed by atoms with Gasteiger partial charge in [-0.15, -0.1) is 24.0 Å². The molecule has 0 aliphatic carbocycles. The van der Waals surface area contributed by atoms with E-state index in [0.717, 1.165) is 43.9 Å². The van der Waals surface area contributed by atoms with E-state index in [2.05, 4.69) is 20.6 Å². The molecule has 28 heavy (non-hydrogen) atoms. The predicted molar refractivity (Wildman–Crippen MR) is 123 cm³/mol. The number of aliphatic imine (C=N–C) groups is 1. The van der Waals surface area contributed by atoms with Gasteiger partial charge in [0.1, 0.15) is 16.7 Å². The van der Waals surface area contributed by atoms with Gasteiger partial charge in [0.25, 0.3) is 0 Å². The molecule has 0 aliphatic heterocycles. The third-order valence-electron chi connectivity index (χ3n) is 3.74. The zero-order valence-corrected chi connectivity index (χ0v) is 19.0. The molecule has 8 heteroatoms. The quantitative estimate of drug-likeness (QED) is 0.160. The number of hydrogen-bond donors (Lipinski definition) is 2. The molecule has 5 nitrogen and oxygen atoms in total. The normalized spacial score (nSPS) is 10.9. The fourth-order valence-electron chi connectivity index (χ4n) is 2.35. The summed E-state index contributed by atoms with van der Waals surface area (Å²) in [5.74, 6) is 1.23. The van der Waals surface area contributed by atoms with E-state index in [1.165, 1.54) is 12.1 Å². The lowest BCUT2D eigenvalue weighted by molar-refractivity contribution is 0.307. The van der Waals surface area contributed by atoms with Crippen molar-refractivity contribution in [2.24, 2.45) is 4.99 Å². The molecule has 0 unspecified atom stereocenters. The second kappa shape index (κ2) is 14.4. The average molecular weight is 521 g/mol. The number of nitrogens with one attached hydrogen (secondary N) is 2. The molecule has 2 aromatic rings. The molecule has 0 saturated carbocycles. The van der Waals surface area contributed by atoms with Crippen LogP contribution in [0.5, 0.6) is 5.75 Å². The summed E-state index contributed by atoms with van der Waals surface area (Å²) >= 11 is 5.79. The zero-order chi connectivity index (χ0) is 19.3. The Bertz CT molecular complexity index is 698. The van der Waals surface area contributed by atoms with Crippen molar-refractivity contribution in [3.8, 4) is 5.75 Å². The molecule has 0 radical (unpaired) electrons. The summed E-state index contributed by atoms with van der Waals surface area (Å²) in [6, 6.07) is 9.84. The SMILES string of the molecule is CCNC(=NCCCCOc1ccc(F)cc1)NCCc1ccc(Cl)nc1.I.